The number of nitrogens with zero attached hydrogens (tertiary/aromatic N) is 5. The lowest BCUT2D eigenvalue weighted by atomic mass is 10.2. The second-order valence-corrected chi connectivity index (χ2v) is 8.73. The van der Waals surface area contributed by atoms with Gasteiger partial charge in [0.1, 0.15) is 11.5 Å². The summed E-state index contributed by atoms with van der Waals surface area (Å²) < 4.78 is 18.3. The molecule has 5 aromatic rings. The third-order valence-corrected chi connectivity index (χ3v) is 6.36. The van der Waals surface area contributed by atoms with Gasteiger partial charge in [0.2, 0.25) is 11.7 Å². The summed E-state index contributed by atoms with van der Waals surface area (Å²) in [5, 5.41) is 14.4. The summed E-state index contributed by atoms with van der Waals surface area (Å²) in [6.07, 6.45) is 0. The van der Waals surface area contributed by atoms with Crippen LogP contribution in [0.1, 0.15) is 5.89 Å². The zero-order valence-electron chi connectivity index (χ0n) is 18.9. The molecule has 0 atom stereocenters. The topological polar surface area (TPSA) is 88.1 Å². The van der Waals surface area contributed by atoms with Gasteiger partial charge in [-0.1, -0.05) is 58.9 Å². The average molecular weight is 506 g/mol. The van der Waals surface area contributed by atoms with Crippen LogP contribution in [0.25, 0.3) is 28.5 Å². The van der Waals surface area contributed by atoms with Crippen molar-refractivity contribution in [2.24, 2.45) is 0 Å². The van der Waals surface area contributed by atoms with Gasteiger partial charge in [-0.05, 0) is 42.5 Å². The zero-order chi connectivity index (χ0) is 24.2. The molecular weight excluding hydrogens is 486 g/mol. The maximum atomic E-state index is 6.11. The lowest BCUT2D eigenvalue weighted by Crippen LogP contribution is -1.99. The van der Waals surface area contributed by atoms with Gasteiger partial charge in [-0.25, -0.2) is 0 Å². The predicted molar refractivity (Wildman–Crippen MR) is 134 cm³/mol. The molecule has 0 bridgehead atoms. The molecule has 176 valence electrons. The average Bonchev–Trinajstić information content (AvgIpc) is 3.55. The second kappa shape index (κ2) is 10.2. The molecule has 0 fully saturated rings. The summed E-state index contributed by atoms with van der Waals surface area (Å²) in [5.74, 6) is 3.29. The lowest BCUT2D eigenvalue weighted by molar-refractivity contribution is 0.389. The van der Waals surface area contributed by atoms with Crippen molar-refractivity contribution in [3.8, 4) is 40.0 Å². The summed E-state index contributed by atoms with van der Waals surface area (Å²) in [6.45, 7) is 0. The predicted octanol–water partition coefficient (Wildman–Crippen LogP) is 5.95. The van der Waals surface area contributed by atoms with Crippen LogP contribution in [0.2, 0.25) is 5.02 Å². The highest BCUT2D eigenvalue weighted by Gasteiger charge is 2.19. The molecule has 0 saturated heterocycles. The van der Waals surface area contributed by atoms with E-state index in [1.54, 1.807) is 20.3 Å². The summed E-state index contributed by atoms with van der Waals surface area (Å²) in [4.78, 5) is 4.55. The smallest absolute Gasteiger partial charge is 0.237 e. The Morgan fingerprint density at radius 2 is 1.74 bits per heavy atom. The van der Waals surface area contributed by atoms with E-state index in [1.807, 2.05) is 71.3 Å². The maximum Gasteiger partial charge on any atom is 0.237 e. The minimum atomic E-state index is 0.403. The van der Waals surface area contributed by atoms with Crippen LogP contribution in [-0.4, -0.2) is 39.1 Å². The van der Waals surface area contributed by atoms with Gasteiger partial charge >= 0.3 is 0 Å². The highest BCUT2D eigenvalue weighted by atomic mass is 35.5. The van der Waals surface area contributed by atoms with E-state index in [4.69, 9.17) is 25.6 Å². The van der Waals surface area contributed by atoms with Crippen molar-refractivity contribution in [2.75, 3.05) is 14.2 Å². The van der Waals surface area contributed by atoms with Crippen LogP contribution in [0.3, 0.4) is 0 Å². The van der Waals surface area contributed by atoms with E-state index in [9.17, 15) is 0 Å². The number of halogens is 1. The Hall–Kier alpha value is -3.82. The number of aromatic nitrogens is 5. The summed E-state index contributed by atoms with van der Waals surface area (Å²) in [7, 11) is 3.19. The quantitative estimate of drug-likeness (QED) is 0.239. The third kappa shape index (κ3) is 4.87. The zero-order valence-corrected chi connectivity index (χ0v) is 20.5. The molecule has 0 amide bonds. The molecular formula is C25H20ClN5O3S. The minimum Gasteiger partial charge on any atom is -0.497 e. The molecule has 0 aliphatic heterocycles. The standard InChI is InChI=1S/C25H20ClN5O3S/c1-32-19-12-13-21(33-2)20(14-19)23-27-22(34-30-23)15-35-25-29-28-24(16-6-4-3-5-7-16)31(25)18-10-8-17(26)9-11-18/h3-14H,15H2,1-2H3. The SMILES string of the molecule is COc1ccc(OC)c(-c2noc(CSc3nnc(-c4ccccc4)n3-c3ccc(Cl)cc3)n2)c1. The van der Waals surface area contributed by atoms with E-state index in [2.05, 4.69) is 20.3 Å². The first kappa shape index (κ1) is 22.9. The Balaban J connectivity index is 1.44. The molecule has 0 aliphatic rings. The van der Waals surface area contributed by atoms with Crippen molar-refractivity contribution < 1.29 is 14.0 Å². The van der Waals surface area contributed by atoms with Crippen LogP contribution in [-0.2, 0) is 5.75 Å². The van der Waals surface area contributed by atoms with Crippen LogP contribution in [0, 0.1) is 0 Å². The van der Waals surface area contributed by atoms with E-state index in [0.717, 1.165) is 17.1 Å². The number of hydrogen-bond donors (Lipinski definition) is 0. The molecule has 10 heteroatoms. The van der Waals surface area contributed by atoms with E-state index >= 15 is 0 Å². The highest BCUT2D eigenvalue weighted by Crippen LogP contribution is 2.33. The van der Waals surface area contributed by atoms with Crippen LogP contribution in [0.15, 0.2) is 82.5 Å². The van der Waals surface area contributed by atoms with Crippen molar-refractivity contribution in [3.05, 3.63) is 83.7 Å². The minimum absolute atomic E-state index is 0.403. The lowest BCUT2D eigenvalue weighted by Gasteiger charge is -2.10. The molecule has 0 radical (unpaired) electrons. The first-order chi connectivity index (χ1) is 17.2. The van der Waals surface area contributed by atoms with Crippen LogP contribution >= 0.6 is 23.4 Å². The van der Waals surface area contributed by atoms with Gasteiger partial charge in [0.25, 0.3) is 0 Å². The van der Waals surface area contributed by atoms with Crippen LogP contribution < -0.4 is 9.47 Å². The van der Waals surface area contributed by atoms with Crippen molar-refractivity contribution in [3.63, 3.8) is 0 Å². The number of thioether (sulfide) groups is 1. The molecule has 0 spiro atoms. The molecule has 2 aromatic heterocycles. The fourth-order valence-electron chi connectivity index (χ4n) is 3.50. The second-order valence-electron chi connectivity index (χ2n) is 7.35. The van der Waals surface area contributed by atoms with Crippen molar-refractivity contribution >= 4 is 23.4 Å². The fourth-order valence-corrected chi connectivity index (χ4v) is 4.41. The van der Waals surface area contributed by atoms with Gasteiger partial charge in [-0.15, -0.1) is 10.2 Å². The molecule has 0 aliphatic carbocycles. The van der Waals surface area contributed by atoms with Crippen molar-refractivity contribution in [2.45, 2.75) is 10.9 Å². The Labute approximate surface area is 210 Å². The maximum absolute atomic E-state index is 6.11. The molecule has 35 heavy (non-hydrogen) atoms. The molecule has 3 aromatic carbocycles. The van der Waals surface area contributed by atoms with E-state index in [1.165, 1.54) is 11.8 Å². The van der Waals surface area contributed by atoms with Crippen LogP contribution in [0.5, 0.6) is 11.5 Å². The Kier molecular flexibility index (Phi) is 6.69. The largest absolute Gasteiger partial charge is 0.497 e. The fraction of sp³-hybridized carbons (Fsp3) is 0.120. The molecule has 5 rings (SSSR count). The number of hydrogen-bond acceptors (Lipinski definition) is 8. The van der Waals surface area contributed by atoms with Gasteiger partial charge in [-0.3, -0.25) is 4.57 Å². The Bertz CT molecular complexity index is 1440. The third-order valence-electron chi connectivity index (χ3n) is 5.19. The van der Waals surface area contributed by atoms with Gasteiger partial charge in [-0.2, -0.15) is 4.98 Å². The molecule has 8 nitrogen and oxygen atoms in total. The van der Waals surface area contributed by atoms with Crippen molar-refractivity contribution in [1.29, 1.82) is 0 Å². The molecule has 2 heterocycles. The summed E-state index contributed by atoms with van der Waals surface area (Å²) >= 11 is 7.56. The van der Waals surface area contributed by atoms with Gasteiger partial charge < -0.3 is 14.0 Å². The Morgan fingerprint density at radius 1 is 0.943 bits per heavy atom. The molecule has 0 unspecified atom stereocenters. The van der Waals surface area contributed by atoms with E-state index in [0.29, 0.717) is 44.7 Å². The normalized spacial score (nSPS) is 10.9. The highest BCUT2D eigenvalue weighted by molar-refractivity contribution is 7.98. The van der Waals surface area contributed by atoms with E-state index < -0.39 is 0 Å². The monoisotopic (exact) mass is 505 g/mol. The number of benzene rings is 3. The van der Waals surface area contributed by atoms with Gasteiger partial charge in [0, 0.05) is 16.3 Å². The first-order valence-corrected chi connectivity index (χ1v) is 12.0. The summed E-state index contributed by atoms with van der Waals surface area (Å²) in [6, 6.07) is 22.9. The Morgan fingerprint density at radius 3 is 2.49 bits per heavy atom. The van der Waals surface area contributed by atoms with Gasteiger partial charge in [0.15, 0.2) is 11.0 Å². The number of rotatable bonds is 8. The first-order valence-electron chi connectivity index (χ1n) is 10.6. The molecule has 0 N–H and O–H groups in total. The number of ether oxygens (including phenoxy) is 2. The van der Waals surface area contributed by atoms with E-state index in [-0.39, 0.29) is 0 Å². The van der Waals surface area contributed by atoms with Crippen LogP contribution in [0.4, 0.5) is 0 Å². The number of methoxy groups -OCH3 is 2. The van der Waals surface area contributed by atoms with Gasteiger partial charge in [0.05, 0.1) is 25.5 Å². The summed E-state index contributed by atoms with van der Waals surface area (Å²) in [5.41, 5.74) is 2.53. The van der Waals surface area contributed by atoms with Crippen molar-refractivity contribution in [1.82, 2.24) is 24.9 Å². The molecule has 0 saturated carbocycles.